The first-order valence-corrected chi connectivity index (χ1v) is 9.58. The van der Waals surface area contributed by atoms with Crippen LogP contribution in [0.3, 0.4) is 0 Å². The molecule has 3 aromatic rings. The van der Waals surface area contributed by atoms with E-state index < -0.39 is 10.7 Å². The van der Waals surface area contributed by atoms with Gasteiger partial charge in [-0.2, -0.15) is 4.57 Å². The van der Waals surface area contributed by atoms with Gasteiger partial charge in [0.25, 0.3) is 11.4 Å². The summed E-state index contributed by atoms with van der Waals surface area (Å²) in [7, 11) is 0. The van der Waals surface area contributed by atoms with Crippen molar-refractivity contribution >= 4 is 40.0 Å². The van der Waals surface area contributed by atoms with Crippen LogP contribution < -0.4 is 9.88 Å². The van der Waals surface area contributed by atoms with E-state index in [1.165, 1.54) is 41.0 Å². The summed E-state index contributed by atoms with van der Waals surface area (Å²) in [4.78, 5) is 10.8. The number of hydrogen-bond acceptors (Lipinski definition) is 5. The van der Waals surface area contributed by atoms with Gasteiger partial charge in [0.15, 0.2) is 23.1 Å². The fourth-order valence-electron chi connectivity index (χ4n) is 2.94. The lowest BCUT2D eigenvalue weighted by atomic mass is 10.1. The van der Waals surface area contributed by atoms with Crippen molar-refractivity contribution in [3.63, 3.8) is 0 Å². The molecule has 1 aromatic heterocycles. The topological polar surface area (TPSA) is 99.5 Å². The molecule has 158 valence electrons. The summed E-state index contributed by atoms with van der Waals surface area (Å²) in [6.45, 7) is 1.34. The number of rotatable bonds is 6. The highest BCUT2D eigenvalue weighted by atomic mass is 32.1. The van der Waals surface area contributed by atoms with Crippen LogP contribution in [0.5, 0.6) is 0 Å². The lowest BCUT2D eigenvalue weighted by molar-refractivity contribution is -0.576. The number of benzene rings is 2. The molecule has 7 nitrogen and oxygen atoms in total. The van der Waals surface area contributed by atoms with Gasteiger partial charge in [-0.3, -0.25) is 10.1 Å². The van der Waals surface area contributed by atoms with E-state index in [9.17, 15) is 24.7 Å². The summed E-state index contributed by atoms with van der Waals surface area (Å²) >= 11 is 5.45. The maximum absolute atomic E-state index is 14.1. The Hall–Kier alpha value is -3.69. The van der Waals surface area contributed by atoms with Gasteiger partial charge >= 0.3 is 0 Å². The van der Waals surface area contributed by atoms with E-state index >= 15 is 0 Å². The minimum Gasteiger partial charge on any atom is -0.502 e. The Kier molecular flexibility index (Phi) is 6.68. The first-order valence-electron chi connectivity index (χ1n) is 9.17. The zero-order valence-corrected chi connectivity index (χ0v) is 17.3. The number of nitro benzene ring substituents is 1. The molecule has 0 radical (unpaired) electrons. The second-order valence-corrected chi connectivity index (χ2v) is 7.08. The molecule has 0 saturated heterocycles. The number of anilines is 1. The number of nitrogens with one attached hydrogen (secondary N) is 1. The average Bonchev–Trinajstić information content (AvgIpc) is 2.75. The molecule has 3 N–H and O–H groups in total. The summed E-state index contributed by atoms with van der Waals surface area (Å²) < 4.78 is 15.6. The maximum Gasteiger partial charge on any atom is 0.288 e. The Morgan fingerprint density at radius 3 is 2.65 bits per heavy atom. The van der Waals surface area contributed by atoms with Crippen LogP contribution in [0.25, 0.3) is 11.5 Å². The molecule has 9 heteroatoms. The summed E-state index contributed by atoms with van der Waals surface area (Å²) in [5.74, 6) is -0.888. The second-order valence-electron chi connectivity index (χ2n) is 6.67. The van der Waals surface area contributed by atoms with Crippen LogP contribution in [-0.4, -0.2) is 20.1 Å². The van der Waals surface area contributed by atoms with Crippen molar-refractivity contribution in [1.82, 2.24) is 0 Å². The number of aromatic nitrogens is 1. The Morgan fingerprint density at radius 2 is 1.97 bits per heavy atom. The standard InChI is InChI=1S/C22H18FN3O4S/c1-14-8-9-16(11-19(14)26(29)30)21(28)20(25-10-4-5-15(12-25)13-27)22(31)24-18-7-3-2-6-17(18)23/h2-12,27H,13H2,1H3,(H-,24,28,31)/p+1. The van der Waals surface area contributed by atoms with E-state index in [-0.39, 0.29) is 40.0 Å². The van der Waals surface area contributed by atoms with E-state index in [1.807, 2.05) is 0 Å². The van der Waals surface area contributed by atoms with Gasteiger partial charge in [0.1, 0.15) is 5.82 Å². The molecule has 3 rings (SSSR count). The monoisotopic (exact) mass is 440 g/mol. The molecule has 31 heavy (non-hydrogen) atoms. The average molecular weight is 440 g/mol. The zero-order chi connectivity index (χ0) is 22.5. The first-order chi connectivity index (χ1) is 14.8. The molecule has 0 aliphatic carbocycles. The molecule has 0 aliphatic heterocycles. The highest BCUT2D eigenvalue weighted by Crippen LogP contribution is 2.26. The first kappa shape index (κ1) is 22.0. The molecule has 0 fully saturated rings. The summed E-state index contributed by atoms with van der Waals surface area (Å²) in [6.07, 6.45) is 3.13. The van der Waals surface area contributed by atoms with Crippen LogP contribution in [-0.2, 0) is 6.61 Å². The Bertz CT molecular complexity index is 1200. The largest absolute Gasteiger partial charge is 0.502 e. The Labute approximate surface area is 182 Å². The van der Waals surface area contributed by atoms with Crippen molar-refractivity contribution < 1.29 is 24.1 Å². The second kappa shape index (κ2) is 9.41. The number of nitro groups is 1. The van der Waals surface area contributed by atoms with E-state index in [4.69, 9.17) is 12.2 Å². The molecular weight excluding hydrogens is 421 g/mol. The smallest absolute Gasteiger partial charge is 0.288 e. The summed E-state index contributed by atoms with van der Waals surface area (Å²) in [5.41, 5.74) is 1.14. The highest BCUT2D eigenvalue weighted by molar-refractivity contribution is 7.81. The molecule has 0 spiro atoms. The van der Waals surface area contributed by atoms with Crippen LogP contribution in [0.15, 0.2) is 67.0 Å². The number of hydrogen-bond donors (Lipinski definition) is 3. The van der Waals surface area contributed by atoms with Crippen LogP contribution in [0.4, 0.5) is 15.8 Å². The summed E-state index contributed by atoms with van der Waals surface area (Å²) in [6, 6.07) is 13.5. The van der Waals surface area contributed by atoms with Gasteiger partial charge in [-0.15, -0.1) is 0 Å². The number of para-hydroxylation sites is 1. The predicted octanol–water partition coefficient (Wildman–Crippen LogP) is 4.15. The van der Waals surface area contributed by atoms with Gasteiger partial charge < -0.3 is 15.5 Å². The van der Waals surface area contributed by atoms with Crippen molar-refractivity contribution in [2.24, 2.45) is 0 Å². The number of aryl methyl sites for hydroxylation is 1. The third-order valence-corrected chi connectivity index (χ3v) is 4.84. The predicted molar refractivity (Wildman–Crippen MR) is 119 cm³/mol. The number of thiocarbonyl (C=S) groups is 1. The minimum absolute atomic E-state index is 0.0223. The molecular formula is C22H19FN3O4S+. The Balaban J connectivity index is 2.17. The number of halogens is 1. The normalized spacial score (nSPS) is 11.6. The number of nitrogens with zero attached hydrogens (tertiary/aromatic N) is 2. The molecule has 0 atom stereocenters. The van der Waals surface area contributed by atoms with Gasteiger partial charge in [0.05, 0.1) is 17.2 Å². The van der Waals surface area contributed by atoms with E-state index in [1.54, 1.807) is 37.5 Å². The molecule has 0 unspecified atom stereocenters. The van der Waals surface area contributed by atoms with Gasteiger partial charge in [-0.25, -0.2) is 4.39 Å². The third kappa shape index (κ3) is 4.90. The lowest BCUT2D eigenvalue weighted by Gasteiger charge is -2.11. The van der Waals surface area contributed by atoms with E-state index in [2.05, 4.69) is 5.32 Å². The third-order valence-electron chi connectivity index (χ3n) is 4.54. The van der Waals surface area contributed by atoms with Crippen molar-refractivity contribution in [2.75, 3.05) is 5.32 Å². The van der Waals surface area contributed by atoms with Gasteiger partial charge in [0, 0.05) is 28.8 Å². The van der Waals surface area contributed by atoms with Crippen molar-refractivity contribution in [1.29, 1.82) is 0 Å². The number of aliphatic hydroxyl groups excluding tert-OH is 2. The minimum atomic E-state index is -0.540. The summed E-state index contributed by atoms with van der Waals surface area (Å²) in [5, 5.41) is 34.6. The van der Waals surface area contributed by atoms with E-state index in [0.29, 0.717) is 11.1 Å². The van der Waals surface area contributed by atoms with E-state index in [0.717, 1.165) is 0 Å². The molecule has 0 amide bonds. The van der Waals surface area contributed by atoms with Crippen LogP contribution in [0.1, 0.15) is 16.7 Å². The van der Waals surface area contributed by atoms with Crippen molar-refractivity contribution in [3.05, 3.63) is 99.6 Å². The van der Waals surface area contributed by atoms with Crippen LogP contribution >= 0.6 is 12.2 Å². The highest BCUT2D eigenvalue weighted by Gasteiger charge is 2.26. The van der Waals surface area contributed by atoms with Gasteiger partial charge in [-0.1, -0.05) is 36.5 Å². The fourth-order valence-corrected chi connectivity index (χ4v) is 3.25. The maximum atomic E-state index is 14.1. The quantitative estimate of drug-likeness (QED) is 0.133. The molecule has 0 aliphatic rings. The molecule has 0 bridgehead atoms. The fraction of sp³-hybridized carbons (Fsp3) is 0.0909. The van der Waals surface area contributed by atoms with Crippen LogP contribution in [0.2, 0.25) is 0 Å². The Morgan fingerprint density at radius 1 is 1.23 bits per heavy atom. The van der Waals surface area contributed by atoms with Gasteiger partial charge in [-0.05, 0) is 25.1 Å². The van der Waals surface area contributed by atoms with Crippen molar-refractivity contribution in [2.45, 2.75) is 13.5 Å². The molecule has 0 saturated carbocycles. The number of pyridine rings is 1. The molecule has 2 aromatic carbocycles. The molecule has 1 heterocycles. The SMILES string of the molecule is Cc1ccc(/C(O)=C(/C(=S)Nc2ccccc2F)[n+]2cccc(CO)c2)cc1[N+](=O)[O-]. The zero-order valence-electron chi connectivity index (χ0n) is 16.4. The van der Waals surface area contributed by atoms with Gasteiger partial charge in [0.2, 0.25) is 0 Å². The van der Waals surface area contributed by atoms with Crippen LogP contribution in [0, 0.1) is 22.9 Å². The van der Waals surface area contributed by atoms with Crippen molar-refractivity contribution in [3.8, 4) is 0 Å². The lowest BCUT2D eigenvalue weighted by Crippen LogP contribution is -2.39. The number of aliphatic hydroxyl groups is 2.